The van der Waals surface area contributed by atoms with Gasteiger partial charge in [0, 0.05) is 44.6 Å². The monoisotopic (exact) mass is 527 g/mol. The first-order valence-corrected chi connectivity index (χ1v) is 12.6. The number of benzene rings is 1. The molecule has 0 radical (unpaired) electrons. The van der Waals surface area contributed by atoms with E-state index >= 15 is 0 Å². The van der Waals surface area contributed by atoms with E-state index < -0.39 is 18.3 Å². The first-order valence-electron chi connectivity index (χ1n) is 12.6. The van der Waals surface area contributed by atoms with Crippen molar-refractivity contribution < 1.29 is 27.8 Å². The summed E-state index contributed by atoms with van der Waals surface area (Å²) in [6.45, 7) is 3.47. The fraction of sp³-hybridized carbons (Fsp3) is 0.480. The maximum Gasteiger partial charge on any atom is 0.296 e. The van der Waals surface area contributed by atoms with Gasteiger partial charge in [0.25, 0.3) is 6.43 Å². The fourth-order valence-electron chi connectivity index (χ4n) is 5.00. The number of hydrogen-bond acceptors (Lipinski definition) is 8. The third kappa shape index (κ3) is 4.73. The zero-order chi connectivity index (χ0) is 26.2. The number of nitrogens with zero attached hydrogens (tertiary/aromatic N) is 6. The summed E-state index contributed by atoms with van der Waals surface area (Å²) < 4.78 is 40.8. The number of aromatic nitrogens is 4. The summed E-state index contributed by atoms with van der Waals surface area (Å²) in [6.07, 6.45) is -1.92. The molecule has 0 spiro atoms. The third-order valence-corrected chi connectivity index (χ3v) is 7.01. The van der Waals surface area contributed by atoms with Crippen molar-refractivity contribution in [3.8, 4) is 11.7 Å². The summed E-state index contributed by atoms with van der Waals surface area (Å²) in [5.74, 6) is 0.368. The number of fused-ring (bicyclic) bond motifs is 1. The molecule has 0 aliphatic carbocycles. The van der Waals surface area contributed by atoms with Gasteiger partial charge in [-0.3, -0.25) is 14.2 Å². The molecule has 5 heterocycles. The minimum Gasteiger partial charge on any atom is -0.477 e. The lowest BCUT2D eigenvalue weighted by Gasteiger charge is -2.40. The molecule has 38 heavy (non-hydrogen) atoms. The molecular formula is C25H27F2N7O4. The van der Waals surface area contributed by atoms with Gasteiger partial charge in [-0.1, -0.05) is 12.1 Å². The molecule has 6 rings (SSSR count). The van der Waals surface area contributed by atoms with Crippen molar-refractivity contribution in [1.82, 2.24) is 29.7 Å². The number of likely N-dealkylation sites (tertiary alicyclic amines) is 1. The molecule has 13 heteroatoms. The quantitative estimate of drug-likeness (QED) is 0.494. The van der Waals surface area contributed by atoms with E-state index in [1.54, 1.807) is 35.2 Å². The molecule has 3 aliphatic heterocycles. The predicted molar refractivity (Wildman–Crippen MR) is 131 cm³/mol. The Morgan fingerprint density at radius 1 is 1.16 bits per heavy atom. The number of rotatable bonds is 7. The second-order valence-electron chi connectivity index (χ2n) is 9.64. The molecule has 2 aromatic heterocycles. The number of carbonyl (C=O) groups excluding carboxylic acids is 2. The van der Waals surface area contributed by atoms with Crippen molar-refractivity contribution >= 4 is 28.8 Å². The summed E-state index contributed by atoms with van der Waals surface area (Å²) in [4.78, 5) is 40.9. The summed E-state index contributed by atoms with van der Waals surface area (Å²) in [7, 11) is 0. The van der Waals surface area contributed by atoms with Gasteiger partial charge in [-0.05, 0) is 18.6 Å². The number of imidazole rings is 1. The van der Waals surface area contributed by atoms with Crippen molar-refractivity contribution in [2.45, 2.75) is 25.3 Å². The third-order valence-electron chi connectivity index (χ3n) is 7.01. The Morgan fingerprint density at radius 3 is 2.68 bits per heavy atom. The Labute approximate surface area is 216 Å². The summed E-state index contributed by atoms with van der Waals surface area (Å²) >= 11 is 0. The van der Waals surface area contributed by atoms with Crippen molar-refractivity contribution in [2.75, 3.05) is 50.9 Å². The summed E-state index contributed by atoms with van der Waals surface area (Å²) in [5.41, 5.74) is 0.946. The van der Waals surface area contributed by atoms with Crippen LogP contribution in [0, 0.1) is 5.92 Å². The number of halogens is 2. The van der Waals surface area contributed by atoms with E-state index in [1.165, 1.54) is 4.57 Å². The number of ether oxygens (including phenoxy) is 2. The lowest BCUT2D eigenvalue weighted by atomic mass is 9.99. The number of anilines is 1. The Balaban J connectivity index is 1.23. The van der Waals surface area contributed by atoms with E-state index in [9.17, 15) is 18.4 Å². The number of nitrogens with one attached hydrogen (secondary N) is 1. The molecule has 1 atom stereocenters. The highest BCUT2D eigenvalue weighted by atomic mass is 19.3. The normalized spacial score (nSPS) is 20.2. The summed E-state index contributed by atoms with van der Waals surface area (Å²) in [5, 5.41) is 2.70. The Hall–Kier alpha value is -3.87. The highest BCUT2D eigenvalue weighted by Crippen LogP contribution is 2.30. The van der Waals surface area contributed by atoms with Crippen LogP contribution in [0.1, 0.15) is 25.1 Å². The van der Waals surface area contributed by atoms with Gasteiger partial charge in [0.1, 0.15) is 11.9 Å². The lowest BCUT2D eigenvalue weighted by Crippen LogP contribution is -2.56. The smallest absolute Gasteiger partial charge is 0.296 e. The van der Waals surface area contributed by atoms with Crippen molar-refractivity contribution in [3.05, 3.63) is 36.2 Å². The largest absolute Gasteiger partial charge is 0.477 e. The minimum absolute atomic E-state index is 0.0717. The van der Waals surface area contributed by atoms with Crippen LogP contribution in [0.15, 0.2) is 30.3 Å². The van der Waals surface area contributed by atoms with Gasteiger partial charge < -0.3 is 24.6 Å². The second kappa shape index (κ2) is 10.1. The van der Waals surface area contributed by atoms with Gasteiger partial charge in [-0.2, -0.15) is 9.97 Å². The van der Waals surface area contributed by atoms with Gasteiger partial charge >= 0.3 is 0 Å². The van der Waals surface area contributed by atoms with Crippen LogP contribution in [-0.2, 0) is 14.3 Å². The Kier molecular flexibility index (Phi) is 6.52. The number of para-hydroxylation sites is 2. The maximum absolute atomic E-state index is 14.0. The van der Waals surface area contributed by atoms with Crippen LogP contribution in [0.3, 0.4) is 0 Å². The molecule has 3 saturated heterocycles. The molecule has 11 nitrogen and oxygen atoms in total. The van der Waals surface area contributed by atoms with Crippen LogP contribution in [0.5, 0.6) is 5.88 Å². The molecule has 1 aromatic carbocycles. The van der Waals surface area contributed by atoms with Crippen LogP contribution in [0.4, 0.5) is 14.7 Å². The molecule has 0 saturated carbocycles. The van der Waals surface area contributed by atoms with E-state index in [0.717, 1.165) is 0 Å². The first kappa shape index (κ1) is 24.5. The number of amides is 2. The van der Waals surface area contributed by atoms with Crippen LogP contribution in [0.2, 0.25) is 0 Å². The predicted octanol–water partition coefficient (Wildman–Crippen LogP) is 1.71. The zero-order valence-corrected chi connectivity index (χ0v) is 20.6. The highest BCUT2D eigenvalue weighted by molar-refractivity contribution is 5.91. The van der Waals surface area contributed by atoms with Crippen LogP contribution in [-0.4, -0.2) is 88.3 Å². The standard InChI is InChI=1S/C25H27F2N7O4/c26-22(27)23-29-16-3-1-2-4-18(16)34(23)19-11-21(31-25(30-19)32-7-9-37-10-8-32)38-14-15-12-33(13-15)24(36)17-5-6-20(35)28-17/h1-4,11,15,17,22H,5-10,12-14H2,(H,28,35)/t17-/m1/s1. The highest BCUT2D eigenvalue weighted by Gasteiger charge is 2.37. The average molecular weight is 528 g/mol. The van der Waals surface area contributed by atoms with E-state index in [1.807, 2.05) is 4.90 Å². The van der Waals surface area contributed by atoms with Gasteiger partial charge in [0.15, 0.2) is 5.82 Å². The molecule has 0 unspecified atom stereocenters. The average Bonchev–Trinajstić information content (AvgIpc) is 3.52. The molecule has 3 aliphatic rings. The van der Waals surface area contributed by atoms with Crippen molar-refractivity contribution in [1.29, 1.82) is 0 Å². The van der Waals surface area contributed by atoms with Crippen molar-refractivity contribution in [3.63, 3.8) is 0 Å². The zero-order valence-electron chi connectivity index (χ0n) is 20.6. The van der Waals surface area contributed by atoms with Crippen LogP contribution in [0.25, 0.3) is 16.9 Å². The number of morpholine rings is 1. The van der Waals surface area contributed by atoms with Crippen LogP contribution < -0.4 is 15.0 Å². The molecule has 1 N–H and O–H groups in total. The molecule has 0 bridgehead atoms. The summed E-state index contributed by atoms with van der Waals surface area (Å²) in [6, 6.07) is 8.00. The van der Waals surface area contributed by atoms with Crippen molar-refractivity contribution in [2.24, 2.45) is 5.92 Å². The fourth-order valence-corrected chi connectivity index (χ4v) is 5.00. The van der Waals surface area contributed by atoms with E-state index in [0.29, 0.717) is 75.8 Å². The molecule has 3 aromatic rings. The second-order valence-corrected chi connectivity index (χ2v) is 9.64. The lowest BCUT2D eigenvalue weighted by molar-refractivity contribution is -0.141. The number of alkyl halides is 2. The van der Waals surface area contributed by atoms with E-state index in [-0.39, 0.29) is 29.4 Å². The maximum atomic E-state index is 14.0. The van der Waals surface area contributed by atoms with Gasteiger partial charge in [-0.25, -0.2) is 13.8 Å². The minimum atomic E-state index is -2.81. The van der Waals surface area contributed by atoms with Crippen LogP contribution >= 0.6 is 0 Å². The molecule has 200 valence electrons. The Bertz CT molecular complexity index is 1350. The van der Waals surface area contributed by atoms with E-state index in [4.69, 9.17) is 9.47 Å². The van der Waals surface area contributed by atoms with Gasteiger partial charge in [0.2, 0.25) is 23.6 Å². The Morgan fingerprint density at radius 2 is 1.95 bits per heavy atom. The SMILES string of the molecule is O=C1CC[C@H](C(=O)N2CC(COc3cc(-n4c(C(F)F)nc5ccccc54)nc(N4CCOCC4)n3)C2)N1. The molecule has 3 fully saturated rings. The topological polar surface area (TPSA) is 115 Å². The van der Waals surface area contributed by atoms with Gasteiger partial charge in [-0.15, -0.1) is 0 Å². The van der Waals surface area contributed by atoms with Gasteiger partial charge in [0.05, 0.1) is 30.9 Å². The number of hydrogen-bond donors (Lipinski definition) is 1. The first-order chi connectivity index (χ1) is 18.5. The number of carbonyl (C=O) groups is 2. The molecule has 2 amide bonds. The van der Waals surface area contributed by atoms with E-state index in [2.05, 4.69) is 20.3 Å². The molecular weight excluding hydrogens is 500 g/mol.